The second kappa shape index (κ2) is 24.4. The number of carboxylic acids is 1. The number of hydrogen-bond acceptors (Lipinski definition) is 8. The molecule has 264 valence electrons. The third-order valence-corrected chi connectivity index (χ3v) is 6.79. The summed E-state index contributed by atoms with van der Waals surface area (Å²) in [7, 11) is 0. The molecule has 2 rings (SSSR count). The lowest BCUT2D eigenvalue weighted by Gasteiger charge is -2.17. The summed E-state index contributed by atoms with van der Waals surface area (Å²) in [6, 6.07) is 9.89. The molecule has 0 fully saturated rings. The average molecular weight is 684 g/mol. The zero-order valence-corrected chi connectivity index (χ0v) is 28.2. The number of phenolic OH excluding ortho intramolecular Hbond substituents is 1. The van der Waals surface area contributed by atoms with Crippen LogP contribution in [0, 0.1) is 0 Å². The molecule has 10 heteroatoms. The van der Waals surface area contributed by atoms with Crippen LogP contribution in [0.5, 0.6) is 11.5 Å². The summed E-state index contributed by atoms with van der Waals surface area (Å²) in [6.07, 6.45) is 28.4. The molecule has 2 aromatic carbocycles. The lowest BCUT2D eigenvalue weighted by atomic mass is 10.1. The van der Waals surface area contributed by atoms with Gasteiger partial charge < -0.3 is 25.0 Å². The van der Waals surface area contributed by atoms with Gasteiger partial charge in [0.25, 0.3) is 5.91 Å². The number of allylic oxidation sites excluding steroid dienone is 11. The quantitative estimate of drug-likeness (QED) is 0.0518. The third-order valence-electron chi connectivity index (χ3n) is 6.79. The topological polar surface area (TPSA) is 156 Å². The maximum Gasteiger partial charge on any atom is 0.347 e. The molecule has 50 heavy (non-hydrogen) atoms. The first kappa shape index (κ1) is 40.4. The van der Waals surface area contributed by atoms with Crippen molar-refractivity contribution < 1.29 is 43.7 Å². The number of aliphatic carboxylic acids is 1. The van der Waals surface area contributed by atoms with Crippen LogP contribution in [0.4, 0.5) is 0 Å². The van der Waals surface area contributed by atoms with Crippen LogP contribution in [-0.4, -0.2) is 46.0 Å². The SMILES string of the molecule is CCC=CCC=CCC=CCC=CCC=CCC=CCC(=O)OC(=O)C(CCC(=O)O)NC(=O)c1ccccc1OC(=O)c1ccccc1O. The Morgan fingerprint density at radius 1 is 0.700 bits per heavy atom. The molecule has 2 aromatic rings. The van der Waals surface area contributed by atoms with Gasteiger partial charge in [0.1, 0.15) is 23.1 Å². The van der Waals surface area contributed by atoms with E-state index in [2.05, 4.69) is 60.8 Å². The number of hydrogen-bond donors (Lipinski definition) is 3. The van der Waals surface area contributed by atoms with E-state index in [0.717, 1.165) is 32.1 Å². The molecular formula is C40H45NO9. The van der Waals surface area contributed by atoms with E-state index >= 15 is 0 Å². The van der Waals surface area contributed by atoms with Crippen molar-refractivity contribution in [3.63, 3.8) is 0 Å². The van der Waals surface area contributed by atoms with Crippen molar-refractivity contribution in [3.05, 3.63) is 133 Å². The molecule has 10 nitrogen and oxygen atoms in total. The Kier molecular flexibility index (Phi) is 19.7. The summed E-state index contributed by atoms with van der Waals surface area (Å²) in [5.41, 5.74) is -0.273. The highest BCUT2D eigenvalue weighted by molar-refractivity contribution is 6.02. The summed E-state index contributed by atoms with van der Waals surface area (Å²) in [5.74, 6) is -5.51. The van der Waals surface area contributed by atoms with Crippen molar-refractivity contribution in [1.29, 1.82) is 0 Å². The Labute approximate surface area is 293 Å². The third kappa shape index (κ3) is 16.9. The minimum atomic E-state index is -1.48. The fourth-order valence-electron chi connectivity index (χ4n) is 4.22. The number of aromatic hydroxyl groups is 1. The first-order valence-corrected chi connectivity index (χ1v) is 16.5. The van der Waals surface area contributed by atoms with Crippen molar-refractivity contribution in [1.82, 2.24) is 5.32 Å². The molecule has 3 N–H and O–H groups in total. The minimum Gasteiger partial charge on any atom is -0.507 e. The first-order valence-electron chi connectivity index (χ1n) is 16.5. The van der Waals surface area contributed by atoms with E-state index in [9.17, 15) is 29.1 Å². The van der Waals surface area contributed by atoms with E-state index in [1.54, 1.807) is 12.2 Å². The molecule has 1 amide bonds. The van der Waals surface area contributed by atoms with Gasteiger partial charge in [0, 0.05) is 6.42 Å². The van der Waals surface area contributed by atoms with E-state index in [0.29, 0.717) is 6.42 Å². The van der Waals surface area contributed by atoms with Crippen LogP contribution in [0.15, 0.2) is 121 Å². The number of carboxylic acid groups (broad SMARTS) is 1. The maximum atomic E-state index is 13.1. The molecule has 0 heterocycles. The molecule has 0 aromatic heterocycles. The minimum absolute atomic E-state index is 0.129. The van der Waals surface area contributed by atoms with Gasteiger partial charge in [0.2, 0.25) is 0 Å². The van der Waals surface area contributed by atoms with Crippen molar-refractivity contribution in [2.75, 3.05) is 0 Å². The molecule has 0 aliphatic carbocycles. The van der Waals surface area contributed by atoms with Crippen molar-refractivity contribution in [2.45, 2.75) is 70.8 Å². The molecule has 0 aliphatic rings. The van der Waals surface area contributed by atoms with Crippen molar-refractivity contribution in [2.24, 2.45) is 0 Å². The molecule has 0 saturated carbocycles. The van der Waals surface area contributed by atoms with Gasteiger partial charge in [0.15, 0.2) is 0 Å². The summed E-state index contributed by atoms with van der Waals surface area (Å²) in [6.45, 7) is 2.12. The fraction of sp³-hybridized carbons (Fsp3) is 0.275. The lowest BCUT2D eigenvalue weighted by Crippen LogP contribution is -2.43. The Morgan fingerprint density at radius 2 is 1.20 bits per heavy atom. The lowest BCUT2D eigenvalue weighted by molar-refractivity contribution is -0.160. The zero-order valence-electron chi connectivity index (χ0n) is 28.2. The van der Waals surface area contributed by atoms with Crippen molar-refractivity contribution in [3.8, 4) is 11.5 Å². The molecule has 1 atom stereocenters. The van der Waals surface area contributed by atoms with Crippen LogP contribution < -0.4 is 10.1 Å². The van der Waals surface area contributed by atoms with E-state index in [-0.39, 0.29) is 35.5 Å². The number of benzene rings is 2. The molecular weight excluding hydrogens is 638 g/mol. The van der Waals surface area contributed by atoms with Gasteiger partial charge in [0.05, 0.1) is 12.0 Å². The Balaban J connectivity index is 1.82. The highest BCUT2D eigenvalue weighted by Crippen LogP contribution is 2.23. The van der Waals surface area contributed by atoms with E-state index in [4.69, 9.17) is 14.6 Å². The van der Waals surface area contributed by atoms with Gasteiger partial charge >= 0.3 is 23.9 Å². The van der Waals surface area contributed by atoms with Gasteiger partial charge in [-0.05, 0) is 69.2 Å². The number of para-hydroxylation sites is 2. The standard InChI is InChI=1S/C40H45NO9/c1-2-3-4-5-6-7-8-9-10-11-12-13-14-15-16-17-18-19-28-37(45)50-40(48)33(29-30-36(43)44)41-38(46)32-25-21-23-27-35(32)49-39(47)31-24-20-22-26-34(31)42/h3-4,6-7,9-10,12-13,15-16,18-27,33,42H,2,5,8,11,14,17,28-30H2,1H3,(H,41,46)(H,43,44). The molecule has 1 unspecified atom stereocenters. The fourth-order valence-corrected chi connectivity index (χ4v) is 4.22. The van der Waals surface area contributed by atoms with Gasteiger partial charge in [-0.1, -0.05) is 104 Å². The number of esters is 3. The number of rotatable bonds is 21. The van der Waals surface area contributed by atoms with Crippen LogP contribution in [-0.2, 0) is 19.1 Å². The monoisotopic (exact) mass is 683 g/mol. The van der Waals surface area contributed by atoms with Crippen LogP contribution >= 0.6 is 0 Å². The predicted octanol–water partition coefficient (Wildman–Crippen LogP) is 7.73. The summed E-state index contributed by atoms with van der Waals surface area (Å²) in [5, 5.41) is 21.5. The highest BCUT2D eigenvalue weighted by Gasteiger charge is 2.27. The number of nitrogens with one attached hydrogen (secondary N) is 1. The number of carbonyl (C=O) groups excluding carboxylic acids is 4. The molecule has 0 saturated heterocycles. The number of phenols is 1. The predicted molar refractivity (Wildman–Crippen MR) is 192 cm³/mol. The van der Waals surface area contributed by atoms with Gasteiger partial charge in [-0.3, -0.25) is 14.4 Å². The smallest absolute Gasteiger partial charge is 0.347 e. The van der Waals surface area contributed by atoms with Gasteiger partial charge in [-0.15, -0.1) is 0 Å². The van der Waals surface area contributed by atoms with Crippen LogP contribution in [0.3, 0.4) is 0 Å². The Bertz CT molecular complexity index is 1600. The number of carbonyl (C=O) groups is 5. The van der Waals surface area contributed by atoms with Crippen LogP contribution in [0.2, 0.25) is 0 Å². The number of amides is 1. The Hall–Kier alpha value is -5.77. The molecule has 0 spiro atoms. The normalized spacial score (nSPS) is 12.4. The molecule has 0 bridgehead atoms. The second-order valence-corrected chi connectivity index (χ2v) is 10.8. The van der Waals surface area contributed by atoms with E-state index in [1.165, 1.54) is 48.5 Å². The van der Waals surface area contributed by atoms with Crippen molar-refractivity contribution >= 4 is 29.8 Å². The first-order chi connectivity index (χ1) is 24.2. The summed E-state index contributed by atoms with van der Waals surface area (Å²) < 4.78 is 10.2. The van der Waals surface area contributed by atoms with Crippen LogP contribution in [0.1, 0.15) is 85.4 Å². The van der Waals surface area contributed by atoms with Gasteiger partial charge in [-0.25, -0.2) is 9.59 Å². The largest absolute Gasteiger partial charge is 0.507 e. The average Bonchev–Trinajstić information content (AvgIpc) is 3.09. The summed E-state index contributed by atoms with van der Waals surface area (Å²) >= 11 is 0. The number of ether oxygens (including phenoxy) is 2. The van der Waals surface area contributed by atoms with Crippen LogP contribution in [0.25, 0.3) is 0 Å². The zero-order chi connectivity index (χ0) is 36.4. The summed E-state index contributed by atoms with van der Waals surface area (Å²) in [4.78, 5) is 62.0. The van der Waals surface area contributed by atoms with E-state index in [1.807, 2.05) is 12.2 Å². The van der Waals surface area contributed by atoms with E-state index < -0.39 is 42.2 Å². The highest BCUT2D eigenvalue weighted by atomic mass is 16.6. The second-order valence-electron chi connectivity index (χ2n) is 10.8. The molecule has 0 radical (unpaired) electrons. The maximum absolute atomic E-state index is 13.1. The van der Waals surface area contributed by atoms with Gasteiger partial charge in [-0.2, -0.15) is 0 Å². The molecule has 0 aliphatic heterocycles. The Morgan fingerprint density at radius 3 is 1.74 bits per heavy atom.